The highest BCUT2D eigenvalue weighted by molar-refractivity contribution is 9.10. The first-order chi connectivity index (χ1) is 8.22. The van der Waals surface area contributed by atoms with Gasteiger partial charge in [0.25, 0.3) is 0 Å². The summed E-state index contributed by atoms with van der Waals surface area (Å²) in [6.45, 7) is 0. The Morgan fingerprint density at radius 1 is 1.29 bits per heavy atom. The molecule has 0 saturated carbocycles. The molecule has 0 spiro atoms. The van der Waals surface area contributed by atoms with Gasteiger partial charge in [-0.15, -0.1) is 0 Å². The van der Waals surface area contributed by atoms with E-state index >= 15 is 0 Å². The number of rotatable bonds is 3. The SMILES string of the molecule is NNc1ncnc(Sc2ccccc2Cl)c1Br. The number of nitrogen functional groups attached to an aromatic ring is 1. The van der Waals surface area contributed by atoms with E-state index in [0.29, 0.717) is 15.3 Å². The maximum Gasteiger partial charge on any atom is 0.158 e. The van der Waals surface area contributed by atoms with Gasteiger partial charge in [0.05, 0.1) is 9.50 Å². The zero-order valence-electron chi connectivity index (χ0n) is 8.52. The van der Waals surface area contributed by atoms with E-state index in [0.717, 1.165) is 9.92 Å². The first kappa shape index (κ1) is 12.6. The number of nitrogens with zero attached hydrogens (tertiary/aromatic N) is 2. The van der Waals surface area contributed by atoms with Crippen molar-refractivity contribution in [3.8, 4) is 0 Å². The molecule has 2 rings (SSSR count). The monoisotopic (exact) mass is 330 g/mol. The summed E-state index contributed by atoms with van der Waals surface area (Å²) >= 11 is 10.9. The molecule has 88 valence electrons. The number of nitrogens with one attached hydrogen (secondary N) is 1. The van der Waals surface area contributed by atoms with Gasteiger partial charge in [-0.25, -0.2) is 15.8 Å². The maximum atomic E-state index is 6.08. The molecule has 1 aromatic heterocycles. The molecule has 0 unspecified atom stereocenters. The predicted octanol–water partition coefficient (Wildman–Crippen LogP) is 3.33. The topological polar surface area (TPSA) is 63.8 Å². The van der Waals surface area contributed by atoms with Crippen molar-refractivity contribution in [3.63, 3.8) is 0 Å². The van der Waals surface area contributed by atoms with E-state index in [9.17, 15) is 0 Å². The lowest BCUT2D eigenvalue weighted by molar-refractivity contribution is 1.02. The van der Waals surface area contributed by atoms with Gasteiger partial charge in [-0.05, 0) is 28.1 Å². The predicted molar refractivity (Wildman–Crippen MR) is 73.1 cm³/mol. The highest BCUT2D eigenvalue weighted by atomic mass is 79.9. The largest absolute Gasteiger partial charge is 0.307 e. The van der Waals surface area contributed by atoms with Gasteiger partial charge in [-0.1, -0.05) is 35.5 Å². The summed E-state index contributed by atoms with van der Waals surface area (Å²) in [5.74, 6) is 5.87. The van der Waals surface area contributed by atoms with Crippen molar-refractivity contribution in [2.45, 2.75) is 9.92 Å². The molecule has 0 amide bonds. The minimum atomic E-state index is 0.537. The number of halogens is 2. The quantitative estimate of drug-likeness (QED) is 0.513. The fraction of sp³-hybridized carbons (Fsp3) is 0. The van der Waals surface area contributed by atoms with Crippen LogP contribution in [0.4, 0.5) is 5.82 Å². The number of aromatic nitrogens is 2. The van der Waals surface area contributed by atoms with E-state index in [1.165, 1.54) is 18.1 Å². The Balaban J connectivity index is 2.34. The van der Waals surface area contributed by atoms with Crippen LogP contribution in [-0.2, 0) is 0 Å². The highest BCUT2D eigenvalue weighted by Gasteiger charge is 2.10. The van der Waals surface area contributed by atoms with Gasteiger partial charge in [-0.3, -0.25) is 0 Å². The molecule has 0 atom stereocenters. The van der Waals surface area contributed by atoms with Gasteiger partial charge in [0.2, 0.25) is 0 Å². The average Bonchev–Trinajstić information content (AvgIpc) is 2.34. The fourth-order valence-electron chi connectivity index (χ4n) is 1.16. The normalized spacial score (nSPS) is 10.3. The Kier molecular flexibility index (Phi) is 4.22. The van der Waals surface area contributed by atoms with Crippen LogP contribution in [0.1, 0.15) is 0 Å². The van der Waals surface area contributed by atoms with Gasteiger partial charge in [0, 0.05) is 4.90 Å². The van der Waals surface area contributed by atoms with Crippen LogP contribution in [0.5, 0.6) is 0 Å². The number of hydrogen-bond donors (Lipinski definition) is 2. The van der Waals surface area contributed by atoms with Crippen molar-refractivity contribution in [1.82, 2.24) is 9.97 Å². The lowest BCUT2D eigenvalue weighted by atomic mass is 10.4. The van der Waals surface area contributed by atoms with Crippen LogP contribution < -0.4 is 11.3 Å². The van der Waals surface area contributed by atoms with Crippen molar-refractivity contribution in [3.05, 3.63) is 40.1 Å². The van der Waals surface area contributed by atoms with Crippen molar-refractivity contribution < 1.29 is 0 Å². The van der Waals surface area contributed by atoms with E-state index in [2.05, 4.69) is 31.3 Å². The van der Waals surface area contributed by atoms with Gasteiger partial charge in [0.1, 0.15) is 11.4 Å². The third kappa shape index (κ3) is 2.90. The molecule has 0 aliphatic rings. The second kappa shape index (κ2) is 5.68. The van der Waals surface area contributed by atoms with E-state index < -0.39 is 0 Å². The molecule has 7 heteroatoms. The molecular formula is C10H8BrClN4S. The number of hydrogen-bond acceptors (Lipinski definition) is 5. The van der Waals surface area contributed by atoms with Crippen molar-refractivity contribution in [1.29, 1.82) is 0 Å². The van der Waals surface area contributed by atoms with Gasteiger partial charge >= 0.3 is 0 Å². The number of nitrogens with two attached hydrogens (primary N) is 1. The van der Waals surface area contributed by atoms with Crippen LogP contribution in [0.15, 0.2) is 45.0 Å². The molecule has 0 aliphatic heterocycles. The van der Waals surface area contributed by atoms with Gasteiger partial charge < -0.3 is 5.43 Å². The van der Waals surface area contributed by atoms with Gasteiger partial charge in [0.15, 0.2) is 5.82 Å². The van der Waals surface area contributed by atoms with Crippen molar-refractivity contribution in [2.75, 3.05) is 5.43 Å². The third-order valence-electron chi connectivity index (χ3n) is 1.94. The second-order valence-corrected chi connectivity index (χ2v) is 5.25. The van der Waals surface area contributed by atoms with E-state index in [4.69, 9.17) is 17.4 Å². The smallest absolute Gasteiger partial charge is 0.158 e. The van der Waals surface area contributed by atoms with Crippen molar-refractivity contribution in [2.24, 2.45) is 5.84 Å². The molecule has 0 saturated heterocycles. The summed E-state index contributed by atoms with van der Waals surface area (Å²) in [5, 5.41) is 1.44. The Morgan fingerprint density at radius 2 is 2.06 bits per heavy atom. The molecule has 0 bridgehead atoms. The Labute approximate surface area is 116 Å². The van der Waals surface area contributed by atoms with E-state index in [-0.39, 0.29) is 0 Å². The molecule has 2 aromatic rings. The number of hydrazine groups is 1. The first-order valence-electron chi connectivity index (χ1n) is 4.62. The molecule has 0 aliphatic carbocycles. The van der Waals surface area contributed by atoms with E-state index in [1.807, 2.05) is 24.3 Å². The zero-order valence-corrected chi connectivity index (χ0v) is 11.7. The molecule has 0 fully saturated rings. The summed E-state index contributed by atoms with van der Waals surface area (Å²) < 4.78 is 0.715. The lowest BCUT2D eigenvalue weighted by Crippen LogP contribution is -2.09. The molecule has 17 heavy (non-hydrogen) atoms. The highest BCUT2D eigenvalue weighted by Crippen LogP contribution is 2.37. The van der Waals surface area contributed by atoms with Crippen LogP contribution >= 0.6 is 39.3 Å². The molecule has 0 radical (unpaired) electrons. The summed E-state index contributed by atoms with van der Waals surface area (Å²) in [4.78, 5) is 9.08. The summed E-state index contributed by atoms with van der Waals surface area (Å²) in [7, 11) is 0. The lowest BCUT2D eigenvalue weighted by Gasteiger charge is -2.07. The van der Waals surface area contributed by atoms with Crippen LogP contribution in [0.3, 0.4) is 0 Å². The average molecular weight is 332 g/mol. The number of benzene rings is 1. The van der Waals surface area contributed by atoms with E-state index in [1.54, 1.807) is 0 Å². The Morgan fingerprint density at radius 3 is 2.76 bits per heavy atom. The molecule has 4 nitrogen and oxygen atoms in total. The van der Waals surface area contributed by atoms with Crippen LogP contribution in [-0.4, -0.2) is 9.97 Å². The summed E-state index contributed by atoms with van der Waals surface area (Å²) in [5.41, 5.74) is 2.49. The standard InChI is InChI=1S/C10H8BrClN4S/c11-8-9(16-13)14-5-15-10(8)17-7-4-2-1-3-6(7)12/h1-5H,13H2,(H,14,15,16). The molecule has 1 heterocycles. The zero-order chi connectivity index (χ0) is 12.3. The summed E-state index contributed by atoms with van der Waals surface area (Å²) in [6, 6.07) is 7.57. The molecule has 1 aromatic carbocycles. The minimum Gasteiger partial charge on any atom is -0.307 e. The first-order valence-corrected chi connectivity index (χ1v) is 6.60. The summed E-state index contributed by atoms with van der Waals surface area (Å²) in [6.07, 6.45) is 1.44. The Bertz CT molecular complexity index is 537. The van der Waals surface area contributed by atoms with Crippen LogP contribution in [0.2, 0.25) is 5.02 Å². The van der Waals surface area contributed by atoms with Gasteiger partial charge in [-0.2, -0.15) is 0 Å². The minimum absolute atomic E-state index is 0.537. The number of anilines is 1. The second-order valence-electron chi connectivity index (χ2n) is 3.02. The third-order valence-corrected chi connectivity index (χ3v) is 4.47. The Hall–Kier alpha value is -0.820. The maximum absolute atomic E-state index is 6.08. The van der Waals surface area contributed by atoms with Crippen LogP contribution in [0.25, 0.3) is 0 Å². The molecular weight excluding hydrogens is 324 g/mol. The van der Waals surface area contributed by atoms with Crippen LogP contribution in [0, 0.1) is 0 Å². The fourth-order valence-corrected chi connectivity index (χ4v) is 2.78. The molecule has 3 N–H and O–H groups in total. The van der Waals surface area contributed by atoms with Crippen molar-refractivity contribution >= 4 is 45.1 Å².